The minimum absolute atomic E-state index is 0.321. The van der Waals surface area contributed by atoms with E-state index in [4.69, 9.17) is 0 Å². The molecule has 0 aliphatic carbocycles. The molecule has 0 bridgehead atoms. The molecule has 4 nitrogen and oxygen atoms in total. The topological polar surface area (TPSA) is 40.6 Å². The van der Waals surface area contributed by atoms with Gasteiger partial charge < -0.3 is 4.90 Å². The molecule has 0 aliphatic heterocycles. The molecule has 0 fully saturated rings. The van der Waals surface area contributed by atoms with Crippen LogP contribution in [0.25, 0.3) is 0 Å². The highest BCUT2D eigenvalue weighted by molar-refractivity contribution is 7.89. The van der Waals surface area contributed by atoms with Crippen molar-refractivity contribution in [1.29, 1.82) is 0 Å². The molecular weight excluding hydrogens is 368 g/mol. The maximum atomic E-state index is 13.4. The van der Waals surface area contributed by atoms with E-state index in [1.165, 1.54) is 0 Å². The lowest BCUT2D eigenvalue weighted by Crippen LogP contribution is -2.30. The summed E-state index contributed by atoms with van der Waals surface area (Å²) in [5, 5.41) is 0. The molecule has 0 aliphatic rings. The van der Waals surface area contributed by atoms with Gasteiger partial charge in [0, 0.05) is 19.6 Å². The Hall–Kier alpha value is -2.47. The molecule has 0 unspecified atom stereocenters. The zero-order valence-corrected chi connectivity index (χ0v) is 17.1. The predicted molar refractivity (Wildman–Crippen MR) is 113 cm³/mol. The first kappa shape index (κ1) is 20.3. The predicted octanol–water partition coefficient (Wildman–Crippen LogP) is 4.14. The van der Waals surface area contributed by atoms with E-state index in [1.54, 1.807) is 16.4 Å². The first-order valence-corrected chi connectivity index (χ1v) is 10.7. The van der Waals surface area contributed by atoms with Crippen molar-refractivity contribution in [2.75, 3.05) is 14.1 Å². The van der Waals surface area contributed by atoms with E-state index in [0.717, 1.165) is 23.2 Å². The highest BCUT2D eigenvalue weighted by Crippen LogP contribution is 2.22. The van der Waals surface area contributed by atoms with Gasteiger partial charge in [0.2, 0.25) is 10.0 Å². The Morgan fingerprint density at radius 1 is 0.607 bits per heavy atom. The zero-order chi connectivity index (χ0) is 20.0. The van der Waals surface area contributed by atoms with Gasteiger partial charge in [-0.2, -0.15) is 4.31 Å². The second-order valence-corrected chi connectivity index (χ2v) is 9.06. The van der Waals surface area contributed by atoms with Gasteiger partial charge in [-0.25, -0.2) is 8.42 Å². The summed E-state index contributed by atoms with van der Waals surface area (Å²) >= 11 is 0. The largest absolute Gasteiger partial charge is 0.305 e. The molecule has 28 heavy (non-hydrogen) atoms. The number of rotatable bonds is 8. The molecule has 0 radical (unpaired) electrons. The minimum Gasteiger partial charge on any atom is -0.305 e. The standard InChI is InChI=1S/C23H26N2O2S/c1-24(2)17-22-13-15-23(16-14-22)28(26,27)25(18-20-9-5-3-6-10-20)19-21-11-7-4-8-12-21/h3-16H,17-19H2,1-2H3. The van der Waals surface area contributed by atoms with Crippen LogP contribution in [-0.4, -0.2) is 31.7 Å². The molecule has 0 amide bonds. The Labute approximate surface area is 168 Å². The third kappa shape index (κ3) is 5.29. The third-order valence-corrected chi connectivity index (χ3v) is 6.27. The molecule has 146 valence electrons. The van der Waals surface area contributed by atoms with E-state index in [-0.39, 0.29) is 0 Å². The molecule has 0 saturated carbocycles. The Kier molecular flexibility index (Phi) is 6.62. The van der Waals surface area contributed by atoms with Crippen LogP contribution in [0.2, 0.25) is 0 Å². The summed E-state index contributed by atoms with van der Waals surface area (Å²) in [7, 11) is 0.361. The average Bonchev–Trinajstić information content (AvgIpc) is 2.69. The number of nitrogens with zero attached hydrogens (tertiary/aromatic N) is 2. The van der Waals surface area contributed by atoms with Crippen molar-refractivity contribution in [2.24, 2.45) is 0 Å². The van der Waals surface area contributed by atoms with E-state index < -0.39 is 10.0 Å². The monoisotopic (exact) mass is 394 g/mol. The molecule has 0 N–H and O–H groups in total. The summed E-state index contributed by atoms with van der Waals surface area (Å²) in [6, 6.07) is 26.6. The van der Waals surface area contributed by atoms with Crippen molar-refractivity contribution < 1.29 is 8.42 Å². The van der Waals surface area contributed by atoms with Crippen LogP contribution >= 0.6 is 0 Å². The van der Waals surface area contributed by atoms with Crippen LogP contribution in [0.15, 0.2) is 89.8 Å². The van der Waals surface area contributed by atoms with Crippen molar-refractivity contribution in [1.82, 2.24) is 9.21 Å². The molecule has 5 heteroatoms. The van der Waals surface area contributed by atoms with E-state index in [1.807, 2.05) is 86.9 Å². The number of sulfonamides is 1. The van der Waals surface area contributed by atoms with Gasteiger partial charge in [-0.3, -0.25) is 0 Å². The van der Waals surface area contributed by atoms with Crippen molar-refractivity contribution in [3.63, 3.8) is 0 Å². The van der Waals surface area contributed by atoms with Crippen molar-refractivity contribution in [2.45, 2.75) is 24.5 Å². The Balaban J connectivity index is 1.90. The van der Waals surface area contributed by atoms with Gasteiger partial charge in [-0.05, 0) is 42.9 Å². The van der Waals surface area contributed by atoms with E-state index in [0.29, 0.717) is 18.0 Å². The highest BCUT2D eigenvalue weighted by Gasteiger charge is 2.25. The van der Waals surface area contributed by atoms with Crippen LogP contribution in [0.5, 0.6) is 0 Å². The smallest absolute Gasteiger partial charge is 0.243 e. The molecule has 3 rings (SSSR count). The van der Waals surface area contributed by atoms with Gasteiger partial charge in [0.1, 0.15) is 0 Å². The highest BCUT2D eigenvalue weighted by atomic mass is 32.2. The minimum atomic E-state index is -3.62. The molecule has 0 spiro atoms. The van der Waals surface area contributed by atoms with Crippen LogP contribution in [0.3, 0.4) is 0 Å². The lowest BCUT2D eigenvalue weighted by Gasteiger charge is -2.23. The average molecular weight is 395 g/mol. The Morgan fingerprint density at radius 2 is 1.04 bits per heavy atom. The van der Waals surface area contributed by atoms with Gasteiger partial charge in [0.15, 0.2) is 0 Å². The molecule has 0 aromatic heterocycles. The molecule has 3 aromatic rings. The second-order valence-electron chi connectivity index (χ2n) is 7.13. The zero-order valence-electron chi connectivity index (χ0n) is 16.3. The maximum Gasteiger partial charge on any atom is 0.243 e. The van der Waals surface area contributed by atoms with Crippen LogP contribution in [0.1, 0.15) is 16.7 Å². The second kappa shape index (κ2) is 9.15. The van der Waals surface area contributed by atoms with Crippen LogP contribution < -0.4 is 0 Å². The lowest BCUT2D eigenvalue weighted by atomic mass is 10.2. The molecule has 3 aromatic carbocycles. The van der Waals surface area contributed by atoms with Crippen molar-refractivity contribution in [3.8, 4) is 0 Å². The first-order valence-electron chi connectivity index (χ1n) is 9.27. The third-order valence-electron chi connectivity index (χ3n) is 4.46. The molecular formula is C23H26N2O2S. The SMILES string of the molecule is CN(C)Cc1ccc(S(=O)(=O)N(Cc2ccccc2)Cc2ccccc2)cc1. The fourth-order valence-corrected chi connectivity index (χ4v) is 4.50. The summed E-state index contributed by atoms with van der Waals surface area (Å²) in [6.45, 7) is 1.44. The van der Waals surface area contributed by atoms with Crippen molar-refractivity contribution >= 4 is 10.0 Å². The number of hydrogen-bond donors (Lipinski definition) is 0. The van der Waals surface area contributed by atoms with Crippen LogP contribution in [0.4, 0.5) is 0 Å². The van der Waals surface area contributed by atoms with Gasteiger partial charge in [-0.15, -0.1) is 0 Å². The summed E-state index contributed by atoms with van der Waals surface area (Å²) in [5.41, 5.74) is 3.01. The molecule has 0 heterocycles. The fourth-order valence-electron chi connectivity index (χ4n) is 3.08. The molecule has 0 atom stereocenters. The number of hydrogen-bond acceptors (Lipinski definition) is 3. The Bertz CT molecular complexity index is 929. The van der Waals surface area contributed by atoms with Gasteiger partial charge in [-0.1, -0.05) is 72.8 Å². The summed E-state index contributed by atoms with van der Waals surface area (Å²) in [6.07, 6.45) is 0. The summed E-state index contributed by atoms with van der Waals surface area (Å²) < 4.78 is 28.3. The fraction of sp³-hybridized carbons (Fsp3) is 0.217. The summed E-state index contributed by atoms with van der Waals surface area (Å²) in [4.78, 5) is 2.38. The van der Waals surface area contributed by atoms with E-state index >= 15 is 0 Å². The Morgan fingerprint density at radius 3 is 1.46 bits per heavy atom. The van der Waals surface area contributed by atoms with Gasteiger partial charge >= 0.3 is 0 Å². The van der Waals surface area contributed by atoms with Crippen LogP contribution in [0, 0.1) is 0 Å². The summed E-state index contributed by atoms with van der Waals surface area (Å²) in [5.74, 6) is 0. The number of benzene rings is 3. The van der Waals surface area contributed by atoms with E-state index in [2.05, 4.69) is 4.90 Å². The van der Waals surface area contributed by atoms with Crippen LogP contribution in [-0.2, 0) is 29.7 Å². The van der Waals surface area contributed by atoms with Crippen molar-refractivity contribution in [3.05, 3.63) is 102 Å². The van der Waals surface area contributed by atoms with E-state index in [9.17, 15) is 8.42 Å². The first-order chi connectivity index (χ1) is 13.4. The maximum absolute atomic E-state index is 13.4. The molecule has 0 saturated heterocycles. The normalized spacial score (nSPS) is 11.9. The lowest BCUT2D eigenvalue weighted by molar-refractivity contribution is 0.399. The van der Waals surface area contributed by atoms with Gasteiger partial charge in [0.25, 0.3) is 0 Å². The quantitative estimate of drug-likeness (QED) is 0.577. The van der Waals surface area contributed by atoms with Gasteiger partial charge in [0.05, 0.1) is 4.90 Å².